The summed E-state index contributed by atoms with van der Waals surface area (Å²) >= 11 is 17.4. The molecule has 0 saturated carbocycles. The van der Waals surface area contributed by atoms with Crippen LogP contribution in [0.25, 0.3) is 22.3 Å². The molecular weight excluding hydrogens is 1010 g/mol. The van der Waals surface area contributed by atoms with Crippen molar-refractivity contribution in [2.24, 2.45) is 0 Å². The second-order valence-electron chi connectivity index (χ2n) is 19.3. The minimum atomic E-state index is -1.34. The van der Waals surface area contributed by atoms with Crippen molar-refractivity contribution < 1.29 is 46.8 Å². The number of ether oxygens (including phenoxy) is 4. The van der Waals surface area contributed by atoms with Crippen LogP contribution in [0.2, 0.25) is 15.2 Å². The van der Waals surface area contributed by atoms with Crippen molar-refractivity contribution in [2.45, 2.75) is 121 Å². The van der Waals surface area contributed by atoms with Crippen LogP contribution in [-0.2, 0) is 29.8 Å². The standard InChI is InChI=1S/C21H21ClFN7O4.C18H21ClN6O4.C6H5ClFN/c1-21(2,3)20-29-28-18(34-20)15-13(31)14(32)19(33-15)30-8-26-12-16(24-7-25-17(12)30)27-11-5-4-9(22)6-10(11)23;1-17(2,3)16-24-23-14(27-16)10-9-11(29-18(4,5)28-9)15(26-10)25-7-22-8-12(19)20-6-21-13(8)25;7-4-1-2-6(9)5(8)3-4/h4-8,13-15,19,31-32H,1-3H3,(H,24,25,27);6-7,9-11,15H,1-5H3;1-3H,9H2/t13-,14+,15-,19+;9-,10+,11-,15-;/m01./s1. The van der Waals surface area contributed by atoms with Gasteiger partial charge in [0, 0.05) is 20.9 Å². The number of imidazole rings is 2. The van der Waals surface area contributed by atoms with Crippen LogP contribution in [0.1, 0.15) is 104 Å². The van der Waals surface area contributed by atoms with Gasteiger partial charge in [0.05, 0.1) is 24.0 Å². The van der Waals surface area contributed by atoms with Crippen LogP contribution in [0.15, 0.2) is 70.5 Å². The highest BCUT2D eigenvalue weighted by atomic mass is 35.5. The van der Waals surface area contributed by atoms with Crippen LogP contribution in [0.5, 0.6) is 0 Å². The van der Waals surface area contributed by atoms with Crippen LogP contribution in [-0.4, -0.2) is 99.8 Å². The summed E-state index contributed by atoms with van der Waals surface area (Å²) in [7, 11) is 0. The molecule has 27 heteroatoms. The number of fused-ring (bicyclic) bond motifs is 3. The fourth-order valence-electron chi connectivity index (χ4n) is 7.76. The van der Waals surface area contributed by atoms with E-state index in [9.17, 15) is 19.0 Å². The van der Waals surface area contributed by atoms with E-state index in [0.717, 1.165) is 0 Å². The van der Waals surface area contributed by atoms with E-state index < -0.39 is 71.9 Å². The minimum Gasteiger partial charge on any atom is -0.422 e. The number of rotatable bonds is 6. The van der Waals surface area contributed by atoms with Gasteiger partial charge in [-0.05, 0) is 50.2 Å². The minimum absolute atomic E-state index is 0.0543. The molecule has 22 nitrogen and oxygen atoms in total. The monoisotopic (exact) mass is 1050 g/mol. The number of nitrogens with zero attached hydrogens (tertiary/aromatic N) is 12. The zero-order chi connectivity index (χ0) is 51.6. The largest absolute Gasteiger partial charge is 0.422 e. The number of hydrogen-bond donors (Lipinski definition) is 4. The molecule has 3 fully saturated rings. The quantitative estimate of drug-likeness (QED) is 0.0905. The van der Waals surface area contributed by atoms with E-state index in [0.29, 0.717) is 45.0 Å². The molecule has 0 aliphatic carbocycles. The molecule has 8 atom stereocenters. The molecule has 0 unspecified atom stereocenters. The van der Waals surface area contributed by atoms with E-state index in [2.05, 4.69) is 55.6 Å². The Bertz CT molecular complexity index is 3250. The van der Waals surface area contributed by atoms with Gasteiger partial charge >= 0.3 is 0 Å². The van der Waals surface area contributed by atoms with Gasteiger partial charge in [0.15, 0.2) is 58.2 Å². The summed E-state index contributed by atoms with van der Waals surface area (Å²) in [5, 5.41) is 41.5. The number of benzene rings is 2. The Kier molecular flexibility index (Phi) is 13.7. The van der Waals surface area contributed by atoms with Crippen molar-refractivity contribution in [3.05, 3.63) is 112 Å². The number of nitrogens with one attached hydrogen (secondary N) is 1. The Morgan fingerprint density at radius 1 is 0.653 bits per heavy atom. The van der Waals surface area contributed by atoms with E-state index in [1.54, 1.807) is 17.0 Å². The van der Waals surface area contributed by atoms with Gasteiger partial charge in [0.25, 0.3) is 0 Å². The Morgan fingerprint density at radius 2 is 1.19 bits per heavy atom. The molecule has 6 aromatic heterocycles. The summed E-state index contributed by atoms with van der Waals surface area (Å²) in [4.78, 5) is 25.3. The predicted molar refractivity (Wildman–Crippen MR) is 254 cm³/mol. The van der Waals surface area contributed by atoms with Gasteiger partial charge in [-0.2, -0.15) is 0 Å². The lowest BCUT2D eigenvalue weighted by Gasteiger charge is -2.23. The molecule has 0 spiro atoms. The molecule has 3 saturated heterocycles. The topological polar surface area (TPSA) is 280 Å². The van der Waals surface area contributed by atoms with Gasteiger partial charge in [-0.1, -0.05) is 76.3 Å². The lowest BCUT2D eigenvalue weighted by atomic mass is 9.97. The third-order valence-electron chi connectivity index (χ3n) is 11.3. The van der Waals surface area contributed by atoms with Crippen LogP contribution in [0, 0.1) is 11.6 Å². The predicted octanol–water partition coefficient (Wildman–Crippen LogP) is 8.05. The lowest BCUT2D eigenvalue weighted by Crippen LogP contribution is -2.29. The summed E-state index contributed by atoms with van der Waals surface area (Å²) in [5.74, 6) is -0.267. The number of anilines is 3. The first-order chi connectivity index (χ1) is 34.0. The van der Waals surface area contributed by atoms with Gasteiger partial charge in [-0.3, -0.25) is 9.13 Å². The van der Waals surface area contributed by atoms with Gasteiger partial charge in [-0.15, -0.1) is 20.4 Å². The van der Waals surface area contributed by atoms with Crippen molar-refractivity contribution in [2.75, 3.05) is 11.1 Å². The van der Waals surface area contributed by atoms with E-state index in [-0.39, 0.29) is 38.7 Å². The number of nitrogens with two attached hydrogens (primary N) is 1. The summed E-state index contributed by atoms with van der Waals surface area (Å²) in [6.45, 7) is 15.5. The van der Waals surface area contributed by atoms with E-state index >= 15 is 0 Å². The normalized spacial score (nSPS) is 23.7. The first-order valence-electron chi connectivity index (χ1n) is 22.1. The highest BCUT2D eigenvalue weighted by Gasteiger charge is 2.58. The first kappa shape index (κ1) is 50.8. The lowest BCUT2D eigenvalue weighted by molar-refractivity contribution is -0.199. The molecule has 380 valence electrons. The average molecular weight is 1060 g/mol. The van der Waals surface area contributed by atoms with Crippen LogP contribution >= 0.6 is 34.8 Å². The first-order valence-corrected chi connectivity index (χ1v) is 23.2. The van der Waals surface area contributed by atoms with Gasteiger partial charge in [-0.25, -0.2) is 38.7 Å². The molecular formula is C45H47Cl3F2N14O8. The Hall–Kier alpha value is -6.09. The molecule has 72 heavy (non-hydrogen) atoms. The van der Waals surface area contributed by atoms with E-state index in [1.807, 2.05) is 55.4 Å². The SMILES string of the molecule is CC(C)(C)c1nnc([C@H]2O[C@@H](n3cnc4c(Nc5ccc(Cl)cc5F)ncnc43)[C@H](O)[C@@H]2O)o1.CC1(C)O[C@@H]2[C@H](O1)[C@@H](c1nnc(C(C)(C)C)o1)O[C@H]2n1cnc2c(Cl)ncnc21.Nc1ccc(Cl)cc1F. The van der Waals surface area contributed by atoms with E-state index in [4.69, 9.17) is 68.3 Å². The highest BCUT2D eigenvalue weighted by molar-refractivity contribution is 6.33. The van der Waals surface area contributed by atoms with Gasteiger partial charge < -0.3 is 49.0 Å². The maximum Gasteiger partial charge on any atom is 0.248 e. The molecule has 5 N–H and O–H groups in total. The second-order valence-corrected chi connectivity index (χ2v) is 20.5. The Labute approximate surface area is 423 Å². The zero-order valence-electron chi connectivity index (χ0n) is 39.6. The fourth-order valence-corrected chi connectivity index (χ4v) is 8.25. The van der Waals surface area contributed by atoms with Crippen LogP contribution in [0.4, 0.5) is 26.0 Å². The summed E-state index contributed by atoms with van der Waals surface area (Å²) in [6, 6.07) is 8.34. The molecule has 0 amide bonds. The maximum absolute atomic E-state index is 14.2. The highest BCUT2D eigenvalue weighted by Crippen LogP contribution is 2.49. The summed E-state index contributed by atoms with van der Waals surface area (Å²) in [5.41, 5.74) is 6.40. The maximum atomic E-state index is 14.2. The Morgan fingerprint density at radius 3 is 1.79 bits per heavy atom. The molecule has 8 aromatic rings. The zero-order valence-corrected chi connectivity index (χ0v) is 41.8. The number of hydrogen-bond acceptors (Lipinski definition) is 20. The number of aliphatic hydroxyl groups is 2. The number of aromatic nitrogens is 12. The van der Waals surface area contributed by atoms with Crippen LogP contribution in [0.3, 0.4) is 0 Å². The second kappa shape index (κ2) is 19.4. The number of halogens is 5. The van der Waals surface area contributed by atoms with Crippen LogP contribution < -0.4 is 11.1 Å². The fraction of sp³-hybridized carbons (Fsp3) is 0.422. The Balaban J connectivity index is 0.000000153. The molecule has 3 aliphatic heterocycles. The van der Waals surface area contributed by atoms with Crippen molar-refractivity contribution in [3.63, 3.8) is 0 Å². The molecule has 0 radical (unpaired) electrons. The average Bonchev–Trinajstić information content (AvgIpc) is 4.18. The number of nitrogen functional groups attached to an aromatic ring is 1. The molecule has 2 aromatic carbocycles. The van der Waals surface area contributed by atoms with Gasteiger partial charge in [0.2, 0.25) is 23.6 Å². The number of aliphatic hydroxyl groups excluding tert-OH is 2. The third kappa shape index (κ3) is 10.1. The van der Waals surface area contributed by atoms with Crippen molar-refractivity contribution in [1.29, 1.82) is 0 Å². The van der Waals surface area contributed by atoms with Crippen molar-refractivity contribution in [3.8, 4) is 0 Å². The van der Waals surface area contributed by atoms with Crippen molar-refractivity contribution in [1.82, 2.24) is 59.4 Å². The molecule has 0 bridgehead atoms. The molecule has 3 aliphatic rings. The summed E-state index contributed by atoms with van der Waals surface area (Å²) < 4.78 is 65.9. The molecule has 9 heterocycles. The molecule has 11 rings (SSSR count). The van der Waals surface area contributed by atoms with Crippen molar-refractivity contribution >= 4 is 74.3 Å². The smallest absolute Gasteiger partial charge is 0.248 e. The van der Waals surface area contributed by atoms with E-state index in [1.165, 1.54) is 53.9 Å². The van der Waals surface area contributed by atoms with Gasteiger partial charge in [0.1, 0.15) is 54.2 Å². The third-order valence-corrected chi connectivity index (χ3v) is 12.0. The summed E-state index contributed by atoms with van der Waals surface area (Å²) in [6.07, 6.45) is -1.14.